The predicted octanol–water partition coefficient (Wildman–Crippen LogP) is 6.14. The van der Waals surface area contributed by atoms with Crippen molar-refractivity contribution < 1.29 is 69.8 Å². The van der Waals surface area contributed by atoms with E-state index in [9.17, 15) is 43.1 Å². The van der Waals surface area contributed by atoms with Crippen molar-refractivity contribution in [1.82, 2.24) is 5.32 Å². The number of nitrogens with one attached hydrogen (secondary N) is 1. The zero-order valence-electron chi connectivity index (χ0n) is 32.5. The van der Waals surface area contributed by atoms with E-state index in [4.69, 9.17) is 22.5 Å². The Balaban J connectivity index is 1.34. The van der Waals surface area contributed by atoms with Crippen molar-refractivity contribution in [2.24, 2.45) is 11.8 Å². The molecule has 2 N–H and O–H groups in total. The highest BCUT2D eigenvalue weighted by molar-refractivity contribution is 7.46. The first-order valence-electron chi connectivity index (χ1n) is 18.9. The standard InChI is InChI=1S/C38H52NO16P3/c1-4-49-56(43,44)51-20-9-21-52-58(47,48)54-26-28(25-53-57(45,46)50-19-8-10-27(2)3)11-5-6-18-39-38(42)30-13-7-12-29(22-30)37-33-16-14-31(40)23-35(33)55-36-24-32(41)15-17-34(36)37/h7,12-17,22-24,27-28,40H,4-6,8-11,18-21,25-26H2,1-3H3,(H,39,42)(H,43,44)(H,45,46)(H,47,48)/p-3. The Morgan fingerprint density at radius 3 is 2.09 bits per heavy atom. The molecule has 4 unspecified atom stereocenters. The van der Waals surface area contributed by atoms with Crippen LogP contribution < -0.4 is 25.4 Å². The van der Waals surface area contributed by atoms with E-state index in [-0.39, 0.29) is 56.3 Å². The first kappa shape index (κ1) is 47.4. The van der Waals surface area contributed by atoms with Crippen LogP contribution in [0.5, 0.6) is 5.75 Å². The number of phenols is 1. The minimum absolute atomic E-state index is 0.0141. The van der Waals surface area contributed by atoms with E-state index in [2.05, 4.69) is 14.4 Å². The fraction of sp³-hybridized carbons (Fsp3) is 0.474. The van der Waals surface area contributed by atoms with Crippen LogP contribution in [0, 0.1) is 11.8 Å². The number of benzene rings is 3. The Labute approximate surface area is 336 Å². The van der Waals surface area contributed by atoms with E-state index in [1.165, 1.54) is 31.2 Å². The number of fused-ring (bicyclic) bond motifs is 2. The van der Waals surface area contributed by atoms with Crippen LogP contribution >= 0.6 is 23.5 Å². The zero-order chi connectivity index (χ0) is 42.3. The Hall–Kier alpha value is -3.27. The van der Waals surface area contributed by atoms with Crippen LogP contribution in [0.2, 0.25) is 0 Å². The molecule has 20 heteroatoms. The number of amides is 1. The van der Waals surface area contributed by atoms with E-state index in [1.807, 2.05) is 19.9 Å². The quantitative estimate of drug-likeness (QED) is 0.0408. The molecule has 0 spiro atoms. The third-order valence-electron chi connectivity index (χ3n) is 8.60. The molecule has 320 valence electrons. The van der Waals surface area contributed by atoms with Gasteiger partial charge >= 0.3 is 0 Å². The summed E-state index contributed by atoms with van der Waals surface area (Å²) in [5.41, 5.74) is 2.49. The largest absolute Gasteiger partial charge is 0.756 e. The molecule has 0 saturated heterocycles. The summed E-state index contributed by atoms with van der Waals surface area (Å²) in [5, 5.41) is 13.6. The van der Waals surface area contributed by atoms with Gasteiger partial charge in [0, 0.05) is 46.7 Å². The van der Waals surface area contributed by atoms with Gasteiger partial charge < -0.3 is 56.7 Å². The maximum Gasteiger partial charge on any atom is 0.267 e. The van der Waals surface area contributed by atoms with Crippen LogP contribution in [0.1, 0.15) is 69.7 Å². The third-order valence-corrected chi connectivity index (χ3v) is 11.6. The van der Waals surface area contributed by atoms with Gasteiger partial charge in [-0.05, 0) is 86.9 Å². The average molecular weight is 869 g/mol. The van der Waals surface area contributed by atoms with Crippen molar-refractivity contribution in [3.8, 4) is 28.2 Å². The highest BCUT2D eigenvalue weighted by atomic mass is 31.2. The van der Waals surface area contributed by atoms with Gasteiger partial charge in [0.2, 0.25) is 0 Å². The molecule has 0 saturated carbocycles. The molecule has 2 aliphatic rings. The van der Waals surface area contributed by atoms with Crippen LogP contribution in [0.4, 0.5) is 0 Å². The topological polar surface area (TPSA) is 255 Å². The highest BCUT2D eigenvalue weighted by Gasteiger charge is 2.21. The number of aromatic hydroxyl groups is 1. The molecule has 58 heavy (non-hydrogen) atoms. The van der Waals surface area contributed by atoms with E-state index in [0.717, 1.165) is 6.42 Å². The summed E-state index contributed by atoms with van der Waals surface area (Å²) in [4.78, 5) is 61.7. The molecule has 2 aromatic rings. The highest BCUT2D eigenvalue weighted by Crippen LogP contribution is 2.43. The van der Waals surface area contributed by atoms with Crippen molar-refractivity contribution in [2.75, 3.05) is 46.2 Å². The first-order valence-corrected chi connectivity index (χ1v) is 23.2. The van der Waals surface area contributed by atoms with Crippen LogP contribution in [0.15, 0.2) is 69.9 Å². The van der Waals surface area contributed by atoms with Crippen molar-refractivity contribution in [3.05, 3.63) is 76.5 Å². The monoisotopic (exact) mass is 868 g/mol. The summed E-state index contributed by atoms with van der Waals surface area (Å²) >= 11 is 0. The number of phosphoric ester groups is 3. The lowest BCUT2D eigenvalue weighted by Crippen LogP contribution is -2.25. The second-order valence-corrected chi connectivity index (χ2v) is 18.0. The number of phosphoric acid groups is 3. The Kier molecular flexibility index (Phi) is 18.3. The normalized spacial score (nSPS) is 15.6. The van der Waals surface area contributed by atoms with Gasteiger partial charge in [-0.1, -0.05) is 32.4 Å². The smallest absolute Gasteiger partial charge is 0.267 e. The van der Waals surface area contributed by atoms with Gasteiger partial charge in [0.05, 0.1) is 39.6 Å². The molecule has 0 radical (unpaired) electrons. The lowest BCUT2D eigenvalue weighted by molar-refractivity contribution is -0.229. The third kappa shape index (κ3) is 15.7. The fourth-order valence-corrected chi connectivity index (χ4v) is 8.19. The van der Waals surface area contributed by atoms with Crippen molar-refractivity contribution in [3.63, 3.8) is 0 Å². The molecular formula is C38H49NO16P3-3. The van der Waals surface area contributed by atoms with Gasteiger partial charge in [-0.2, -0.15) is 0 Å². The second kappa shape index (κ2) is 22.4. The summed E-state index contributed by atoms with van der Waals surface area (Å²) in [6.07, 6.45) is 2.21. The number of rotatable bonds is 26. The molecule has 0 fully saturated rings. The van der Waals surface area contributed by atoms with Gasteiger partial charge in [-0.15, -0.1) is 0 Å². The summed E-state index contributed by atoms with van der Waals surface area (Å²) in [5.74, 6) is -0.456. The van der Waals surface area contributed by atoms with Crippen molar-refractivity contribution >= 4 is 40.3 Å². The maximum absolute atomic E-state index is 13.3. The first-order chi connectivity index (χ1) is 27.5. The van der Waals surface area contributed by atoms with E-state index >= 15 is 0 Å². The number of carbonyl (C=O) groups excluding carboxylic acids is 1. The Morgan fingerprint density at radius 1 is 0.776 bits per heavy atom. The minimum atomic E-state index is -4.89. The van der Waals surface area contributed by atoms with Gasteiger partial charge in [-0.25, -0.2) is 0 Å². The molecule has 17 nitrogen and oxygen atoms in total. The Morgan fingerprint density at radius 2 is 1.43 bits per heavy atom. The summed E-state index contributed by atoms with van der Waals surface area (Å²) in [6, 6.07) is 16.0. The van der Waals surface area contributed by atoms with Gasteiger partial charge in [0.25, 0.3) is 29.4 Å². The number of carbonyl (C=O) groups is 1. The SMILES string of the molecule is CCOP(=O)([O-])OCCCOP(=O)([O-])OCC(CCCCNC(=O)c1cccc(-c2c3ccc(=O)cc-3oc3cc(O)ccc23)c1)COP(=O)([O-])OCCCC(C)C. The maximum atomic E-state index is 13.3. The molecule has 0 aromatic heterocycles. The molecule has 2 aromatic carbocycles. The summed E-state index contributed by atoms with van der Waals surface area (Å²) in [6.45, 7) is 3.72. The molecule has 1 heterocycles. The van der Waals surface area contributed by atoms with E-state index < -0.39 is 49.2 Å². The van der Waals surface area contributed by atoms with E-state index in [0.29, 0.717) is 64.2 Å². The molecule has 0 bridgehead atoms. The summed E-state index contributed by atoms with van der Waals surface area (Å²) < 4.78 is 71.1. The number of hydrogen-bond donors (Lipinski definition) is 2. The number of hydrogen-bond acceptors (Lipinski definition) is 16. The Bertz CT molecular complexity index is 2120. The second-order valence-electron chi connectivity index (χ2n) is 13.8. The molecule has 1 amide bonds. The van der Waals surface area contributed by atoms with Crippen LogP contribution in [-0.2, 0) is 40.8 Å². The number of phenolic OH excluding ortho intramolecular Hbond substituents is 1. The van der Waals surface area contributed by atoms with Crippen LogP contribution in [-0.4, -0.2) is 57.2 Å². The van der Waals surface area contributed by atoms with Crippen molar-refractivity contribution in [1.29, 1.82) is 0 Å². The minimum Gasteiger partial charge on any atom is -0.756 e. The van der Waals surface area contributed by atoms with Crippen LogP contribution in [0.3, 0.4) is 0 Å². The van der Waals surface area contributed by atoms with Crippen molar-refractivity contribution in [2.45, 2.75) is 59.3 Å². The number of unbranched alkanes of at least 4 members (excludes halogenated alkanes) is 1. The molecule has 1 aliphatic carbocycles. The molecule has 1 aliphatic heterocycles. The fourth-order valence-electron chi connectivity index (χ4n) is 5.81. The summed E-state index contributed by atoms with van der Waals surface area (Å²) in [7, 11) is -14.1. The molecule has 4 rings (SSSR count). The lowest BCUT2D eigenvalue weighted by atomic mass is 9.92. The predicted molar refractivity (Wildman–Crippen MR) is 209 cm³/mol. The van der Waals surface area contributed by atoms with Gasteiger partial charge in [0.15, 0.2) is 5.43 Å². The van der Waals surface area contributed by atoms with E-state index in [1.54, 1.807) is 30.3 Å². The van der Waals surface area contributed by atoms with Gasteiger partial charge in [-0.3, -0.25) is 23.3 Å². The zero-order valence-corrected chi connectivity index (χ0v) is 35.2. The van der Waals surface area contributed by atoms with Crippen LogP contribution in [0.25, 0.3) is 33.4 Å². The average Bonchev–Trinajstić information content (AvgIpc) is 3.15. The molecule has 4 atom stereocenters. The molecular weight excluding hydrogens is 819 g/mol. The van der Waals surface area contributed by atoms with Gasteiger partial charge in [0.1, 0.15) is 17.1 Å². The lowest BCUT2D eigenvalue weighted by Gasteiger charge is -2.28.